The van der Waals surface area contributed by atoms with Crippen molar-refractivity contribution >= 4 is 17.5 Å². The number of amides is 2. The van der Waals surface area contributed by atoms with Gasteiger partial charge in [0, 0.05) is 26.0 Å². The quantitative estimate of drug-likeness (QED) is 0.811. The van der Waals surface area contributed by atoms with E-state index in [2.05, 4.69) is 10.6 Å². The van der Waals surface area contributed by atoms with Crippen molar-refractivity contribution < 1.29 is 18.7 Å². The monoisotopic (exact) mass is 342 g/mol. The summed E-state index contributed by atoms with van der Waals surface area (Å²) >= 11 is 0. The van der Waals surface area contributed by atoms with E-state index in [-0.39, 0.29) is 17.9 Å². The Balaban J connectivity index is 1.55. The first-order valence-corrected chi connectivity index (χ1v) is 8.53. The van der Waals surface area contributed by atoms with Gasteiger partial charge in [0.25, 0.3) is 5.91 Å². The van der Waals surface area contributed by atoms with E-state index in [9.17, 15) is 9.59 Å². The topological polar surface area (TPSA) is 80.6 Å². The molecule has 1 atom stereocenters. The van der Waals surface area contributed by atoms with E-state index in [4.69, 9.17) is 9.15 Å². The maximum Gasteiger partial charge on any atom is 0.253 e. The van der Waals surface area contributed by atoms with E-state index in [1.807, 2.05) is 6.07 Å². The number of nitrogens with one attached hydrogen (secondary N) is 2. The molecule has 0 radical (unpaired) electrons. The van der Waals surface area contributed by atoms with Crippen LogP contribution in [-0.2, 0) is 16.0 Å². The molecule has 132 valence electrons. The molecule has 6 nitrogen and oxygen atoms in total. The summed E-state index contributed by atoms with van der Waals surface area (Å²) in [6.07, 6.45) is 4.47. The molecule has 2 N–H and O–H groups in total. The maximum absolute atomic E-state index is 12.4. The van der Waals surface area contributed by atoms with E-state index >= 15 is 0 Å². The Bertz CT molecular complexity index is 706. The Morgan fingerprint density at radius 2 is 2.04 bits per heavy atom. The molecule has 25 heavy (non-hydrogen) atoms. The SMILES string of the molecule is O=C(CCc1ccco1)Nc1ccccc1C(=O)NCC1CCCO1. The van der Waals surface area contributed by atoms with Crippen molar-refractivity contribution in [1.82, 2.24) is 5.32 Å². The van der Waals surface area contributed by atoms with Crippen molar-refractivity contribution in [2.45, 2.75) is 31.8 Å². The van der Waals surface area contributed by atoms with Gasteiger partial charge in [0.05, 0.1) is 23.6 Å². The molecule has 1 unspecified atom stereocenters. The van der Waals surface area contributed by atoms with Crippen LogP contribution in [0, 0.1) is 0 Å². The number of aryl methyl sites for hydroxylation is 1. The van der Waals surface area contributed by atoms with Crippen LogP contribution in [0.3, 0.4) is 0 Å². The molecule has 1 saturated heterocycles. The standard InChI is InChI=1S/C19H22N2O4/c22-18(10-9-14-5-3-11-24-14)21-17-8-2-1-7-16(17)19(23)20-13-15-6-4-12-25-15/h1-3,5,7-8,11,15H,4,6,9-10,12-13H2,(H,20,23)(H,21,22). The van der Waals surface area contributed by atoms with Gasteiger partial charge < -0.3 is 19.8 Å². The second kappa shape index (κ2) is 8.48. The lowest BCUT2D eigenvalue weighted by Crippen LogP contribution is -2.32. The fraction of sp³-hybridized carbons (Fsp3) is 0.368. The molecule has 0 aliphatic carbocycles. The van der Waals surface area contributed by atoms with Crippen molar-refractivity contribution in [2.24, 2.45) is 0 Å². The van der Waals surface area contributed by atoms with Crippen LogP contribution in [-0.4, -0.2) is 31.1 Å². The molecule has 1 aromatic carbocycles. The van der Waals surface area contributed by atoms with Crippen molar-refractivity contribution in [3.63, 3.8) is 0 Å². The molecule has 0 bridgehead atoms. The van der Waals surface area contributed by atoms with Gasteiger partial charge in [-0.05, 0) is 37.1 Å². The first-order chi connectivity index (χ1) is 12.2. The lowest BCUT2D eigenvalue weighted by Gasteiger charge is -2.13. The fourth-order valence-electron chi connectivity index (χ4n) is 2.80. The number of hydrogen-bond donors (Lipinski definition) is 2. The Labute approximate surface area is 146 Å². The first-order valence-electron chi connectivity index (χ1n) is 8.53. The summed E-state index contributed by atoms with van der Waals surface area (Å²) in [5.41, 5.74) is 0.962. The van der Waals surface area contributed by atoms with E-state index in [0.29, 0.717) is 30.6 Å². The first kappa shape index (κ1) is 17.2. The molecule has 3 rings (SSSR count). The minimum Gasteiger partial charge on any atom is -0.469 e. The zero-order valence-electron chi connectivity index (χ0n) is 14.0. The number of furan rings is 1. The summed E-state index contributed by atoms with van der Waals surface area (Å²) in [5, 5.41) is 5.69. The molecular formula is C19H22N2O4. The van der Waals surface area contributed by atoms with Gasteiger partial charge in [-0.2, -0.15) is 0 Å². The minimum absolute atomic E-state index is 0.0824. The van der Waals surface area contributed by atoms with E-state index in [0.717, 1.165) is 25.2 Å². The Kier molecular flexibility index (Phi) is 5.85. The van der Waals surface area contributed by atoms with Gasteiger partial charge in [-0.15, -0.1) is 0 Å². The van der Waals surface area contributed by atoms with Crippen molar-refractivity contribution in [3.05, 3.63) is 54.0 Å². The molecule has 0 spiro atoms. The third kappa shape index (κ3) is 4.93. The summed E-state index contributed by atoms with van der Waals surface area (Å²) in [6.45, 7) is 1.24. The van der Waals surface area contributed by atoms with E-state index in [1.165, 1.54) is 0 Å². The van der Waals surface area contributed by atoms with Crippen LogP contribution in [0.1, 0.15) is 35.4 Å². The number of ether oxygens (including phenoxy) is 1. The average molecular weight is 342 g/mol. The summed E-state index contributed by atoms with van der Waals surface area (Å²) in [4.78, 5) is 24.6. The lowest BCUT2D eigenvalue weighted by molar-refractivity contribution is -0.116. The number of carbonyl (C=O) groups excluding carboxylic acids is 2. The smallest absolute Gasteiger partial charge is 0.253 e. The highest BCUT2D eigenvalue weighted by atomic mass is 16.5. The summed E-state index contributed by atoms with van der Waals surface area (Å²) in [7, 11) is 0. The molecule has 1 aliphatic heterocycles. The van der Waals surface area contributed by atoms with Crippen LogP contribution in [0.15, 0.2) is 47.1 Å². The summed E-state index contributed by atoms with van der Waals surface area (Å²) < 4.78 is 10.7. The molecule has 2 aromatic rings. The summed E-state index contributed by atoms with van der Waals surface area (Å²) in [5.74, 6) is 0.394. The van der Waals surface area contributed by atoms with Gasteiger partial charge >= 0.3 is 0 Å². The molecule has 2 heterocycles. The zero-order valence-corrected chi connectivity index (χ0v) is 14.0. The highest BCUT2D eigenvalue weighted by Gasteiger charge is 2.18. The van der Waals surface area contributed by atoms with Crippen LogP contribution in [0.5, 0.6) is 0 Å². The Morgan fingerprint density at radius 3 is 2.80 bits per heavy atom. The van der Waals surface area contributed by atoms with E-state index < -0.39 is 0 Å². The number of carbonyl (C=O) groups is 2. The normalized spacial score (nSPS) is 16.6. The van der Waals surface area contributed by atoms with Crippen molar-refractivity contribution in [1.29, 1.82) is 0 Å². The maximum atomic E-state index is 12.4. The van der Waals surface area contributed by atoms with Gasteiger partial charge in [-0.1, -0.05) is 12.1 Å². The highest BCUT2D eigenvalue weighted by Crippen LogP contribution is 2.17. The summed E-state index contributed by atoms with van der Waals surface area (Å²) in [6, 6.07) is 10.6. The second-order valence-electron chi connectivity index (χ2n) is 6.02. The minimum atomic E-state index is -0.211. The number of hydrogen-bond acceptors (Lipinski definition) is 4. The van der Waals surface area contributed by atoms with Gasteiger partial charge in [0.2, 0.25) is 5.91 Å². The number of para-hydroxylation sites is 1. The van der Waals surface area contributed by atoms with Gasteiger partial charge in [-0.25, -0.2) is 0 Å². The third-order valence-electron chi connectivity index (χ3n) is 4.14. The van der Waals surface area contributed by atoms with Gasteiger partial charge in [0.1, 0.15) is 5.76 Å². The lowest BCUT2D eigenvalue weighted by atomic mass is 10.1. The van der Waals surface area contributed by atoms with Crippen LogP contribution >= 0.6 is 0 Å². The second-order valence-corrected chi connectivity index (χ2v) is 6.02. The van der Waals surface area contributed by atoms with Gasteiger partial charge in [-0.3, -0.25) is 9.59 Å². The van der Waals surface area contributed by atoms with Crippen LogP contribution in [0.4, 0.5) is 5.69 Å². The Hall–Kier alpha value is -2.60. The molecule has 1 aromatic heterocycles. The van der Waals surface area contributed by atoms with Crippen LogP contribution in [0.25, 0.3) is 0 Å². The number of benzene rings is 1. The number of rotatable bonds is 7. The predicted octanol–water partition coefficient (Wildman–Crippen LogP) is 2.76. The van der Waals surface area contributed by atoms with Crippen molar-refractivity contribution in [2.75, 3.05) is 18.5 Å². The highest BCUT2D eigenvalue weighted by molar-refractivity contribution is 6.03. The molecule has 1 aliphatic rings. The molecule has 2 amide bonds. The van der Waals surface area contributed by atoms with Crippen LogP contribution < -0.4 is 10.6 Å². The third-order valence-corrected chi connectivity index (χ3v) is 4.14. The number of anilines is 1. The fourth-order valence-corrected chi connectivity index (χ4v) is 2.80. The molecule has 6 heteroatoms. The Morgan fingerprint density at radius 1 is 1.16 bits per heavy atom. The predicted molar refractivity (Wildman–Crippen MR) is 93.4 cm³/mol. The molecular weight excluding hydrogens is 320 g/mol. The van der Waals surface area contributed by atoms with Crippen molar-refractivity contribution in [3.8, 4) is 0 Å². The van der Waals surface area contributed by atoms with Crippen LogP contribution in [0.2, 0.25) is 0 Å². The largest absolute Gasteiger partial charge is 0.469 e. The van der Waals surface area contributed by atoms with Gasteiger partial charge in [0.15, 0.2) is 0 Å². The molecule has 1 fully saturated rings. The van der Waals surface area contributed by atoms with E-state index in [1.54, 1.807) is 36.6 Å². The zero-order chi connectivity index (χ0) is 17.5. The molecule has 0 saturated carbocycles. The average Bonchev–Trinajstić information content (AvgIpc) is 3.32.